The molecule has 2 aromatic rings. The first-order valence-corrected chi connectivity index (χ1v) is 18.6. The van der Waals surface area contributed by atoms with Crippen LogP contribution in [0.5, 0.6) is 0 Å². The van der Waals surface area contributed by atoms with Crippen molar-refractivity contribution in [2.24, 2.45) is 46.3 Å². The second kappa shape index (κ2) is 13.4. The molecule has 3 heteroatoms. The summed E-state index contributed by atoms with van der Waals surface area (Å²) in [5.74, 6) is 4.36. The first-order chi connectivity index (χ1) is 22.0. The molecule has 248 valence electrons. The molecule has 3 saturated carbocycles. The van der Waals surface area contributed by atoms with E-state index in [1.165, 1.54) is 51.4 Å². The largest absolute Gasteiger partial charge is 0.462 e. The molecule has 0 spiro atoms. The van der Waals surface area contributed by atoms with E-state index in [-0.39, 0.29) is 23.3 Å². The van der Waals surface area contributed by atoms with Gasteiger partial charge in [-0.05, 0) is 110 Å². The molecule has 0 amide bonds. The Labute approximate surface area is 279 Å². The summed E-state index contributed by atoms with van der Waals surface area (Å²) < 4.78 is 6.23. The third-order valence-electron chi connectivity index (χ3n) is 13.6. The lowest BCUT2D eigenvalue weighted by atomic mass is 9.47. The van der Waals surface area contributed by atoms with E-state index in [0.29, 0.717) is 16.5 Å². The number of esters is 1. The Kier molecular flexibility index (Phi) is 9.71. The molecule has 0 unspecified atom stereocenters. The average molecular weight is 623 g/mol. The number of fused-ring (bicyclic) bond motifs is 5. The molecule has 3 nitrogen and oxygen atoms in total. The maximum Gasteiger partial charge on any atom is 0.313 e. The van der Waals surface area contributed by atoms with Crippen LogP contribution in [0, 0.1) is 46.3 Å². The summed E-state index contributed by atoms with van der Waals surface area (Å²) in [7, 11) is 0. The minimum Gasteiger partial charge on any atom is -0.462 e. The summed E-state index contributed by atoms with van der Waals surface area (Å²) in [5.41, 5.74) is 4.40. The van der Waals surface area contributed by atoms with Crippen molar-refractivity contribution in [1.82, 2.24) is 0 Å². The number of rotatable bonds is 10. The van der Waals surface area contributed by atoms with E-state index in [1.54, 1.807) is 5.57 Å². The van der Waals surface area contributed by atoms with Crippen LogP contribution in [0.4, 0.5) is 0 Å². The second-order valence-corrected chi connectivity index (χ2v) is 16.6. The number of ether oxygens (including phenoxy) is 1. The first kappa shape index (κ1) is 33.2. The molecule has 0 aromatic heterocycles. The number of benzene rings is 2. The fourth-order valence-electron chi connectivity index (χ4n) is 10.9. The van der Waals surface area contributed by atoms with E-state index in [2.05, 4.69) is 40.7 Å². The van der Waals surface area contributed by atoms with Gasteiger partial charge in [0.2, 0.25) is 0 Å². The number of hydrogen-bond acceptors (Lipinski definition) is 3. The van der Waals surface area contributed by atoms with Crippen molar-refractivity contribution >= 4 is 11.8 Å². The minimum atomic E-state index is -0.416. The van der Waals surface area contributed by atoms with Crippen LogP contribution in [0.3, 0.4) is 0 Å². The molecule has 46 heavy (non-hydrogen) atoms. The van der Waals surface area contributed by atoms with Gasteiger partial charge in [0.15, 0.2) is 5.78 Å². The highest BCUT2D eigenvalue weighted by Gasteiger charge is 2.59. The van der Waals surface area contributed by atoms with Crippen LogP contribution < -0.4 is 0 Å². The normalized spacial score (nSPS) is 33.3. The smallest absolute Gasteiger partial charge is 0.313 e. The molecule has 3 fully saturated rings. The molecule has 0 bridgehead atoms. The van der Waals surface area contributed by atoms with E-state index < -0.39 is 5.92 Å². The molecule has 0 aliphatic heterocycles. The Balaban J connectivity index is 1.09. The summed E-state index contributed by atoms with van der Waals surface area (Å²) in [5, 5.41) is 0. The van der Waals surface area contributed by atoms with Gasteiger partial charge in [-0.3, -0.25) is 9.59 Å². The van der Waals surface area contributed by atoms with Crippen molar-refractivity contribution in [3.8, 4) is 0 Å². The van der Waals surface area contributed by atoms with Crippen molar-refractivity contribution < 1.29 is 14.3 Å². The maximum absolute atomic E-state index is 13.4. The quantitative estimate of drug-likeness (QED) is 0.150. The number of allylic oxidation sites excluding steroid dienone is 1. The van der Waals surface area contributed by atoms with E-state index >= 15 is 0 Å². The highest BCUT2D eigenvalue weighted by Crippen LogP contribution is 2.67. The molecule has 0 N–H and O–H groups in total. The van der Waals surface area contributed by atoms with Crippen LogP contribution in [-0.4, -0.2) is 17.9 Å². The summed E-state index contributed by atoms with van der Waals surface area (Å²) in [6.07, 6.45) is 16.4. The fraction of sp³-hybridized carbons (Fsp3) is 0.628. The van der Waals surface area contributed by atoms with Crippen LogP contribution in [0.25, 0.3) is 0 Å². The van der Waals surface area contributed by atoms with Crippen molar-refractivity contribution in [1.29, 1.82) is 0 Å². The van der Waals surface area contributed by atoms with Gasteiger partial charge in [-0.25, -0.2) is 0 Å². The summed E-state index contributed by atoms with van der Waals surface area (Å²) in [4.78, 5) is 26.5. The monoisotopic (exact) mass is 622 g/mol. The van der Waals surface area contributed by atoms with Crippen molar-refractivity contribution in [3.05, 3.63) is 82.9 Å². The Bertz CT molecular complexity index is 1420. The van der Waals surface area contributed by atoms with Gasteiger partial charge >= 0.3 is 5.97 Å². The SMILES string of the molecule is CC(C)CCC[C@@H](C)[C@H]1CC[C@H]2[C@@H]3CC=C4C[C@H](OC(=O)[C@H](C)c5cccc(C(=O)c6ccccc6)c5)CC[C@]4(C)[C@H]3CC[C@]12C. The zero-order valence-electron chi connectivity index (χ0n) is 29.4. The number of ketones is 1. The van der Waals surface area contributed by atoms with Crippen molar-refractivity contribution in [2.75, 3.05) is 0 Å². The molecule has 0 heterocycles. The zero-order valence-corrected chi connectivity index (χ0v) is 29.4. The van der Waals surface area contributed by atoms with Gasteiger partial charge < -0.3 is 4.74 Å². The Hall–Kier alpha value is -2.68. The summed E-state index contributed by atoms with van der Waals surface area (Å²) in [6, 6.07) is 16.8. The average Bonchev–Trinajstić information content (AvgIpc) is 3.41. The molecular formula is C43H58O3. The van der Waals surface area contributed by atoms with Crippen molar-refractivity contribution in [2.45, 2.75) is 124 Å². The highest BCUT2D eigenvalue weighted by molar-refractivity contribution is 6.09. The topological polar surface area (TPSA) is 43.4 Å². The molecule has 4 aliphatic rings. The zero-order chi connectivity index (χ0) is 32.6. The summed E-state index contributed by atoms with van der Waals surface area (Å²) in [6.45, 7) is 14.4. The van der Waals surface area contributed by atoms with Gasteiger partial charge in [0.05, 0.1) is 5.92 Å². The molecule has 0 saturated heterocycles. The van der Waals surface area contributed by atoms with E-state index in [4.69, 9.17) is 4.74 Å². The molecule has 0 radical (unpaired) electrons. The molecule has 6 rings (SSSR count). The van der Waals surface area contributed by atoms with Gasteiger partial charge in [-0.15, -0.1) is 0 Å². The summed E-state index contributed by atoms with van der Waals surface area (Å²) >= 11 is 0. The predicted molar refractivity (Wildman–Crippen MR) is 188 cm³/mol. The fourth-order valence-corrected chi connectivity index (χ4v) is 10.9. The lowest BCUT2D eigenvalue weighted by molar-refractivity contribution is -0.153. The molecule has 9 atom stereocenters. The van der Waals surface area contributed by atoms with E-state index in [9.17, 15) is 9.59 Å². The number of carbonyl (C=O) groups excluding carboxylic acids is 2. The molecular weight excluding hydrogens is 564 g/mol. The van der Waals surface area contributed by atoms with Crippen LogP contribution >= 0.6 is 0 Å². The van der Waals surface area contributed by atoms with Gasteiger partial charge in [-0.1, -0.05) is 114 Å². The van der Waals surface area contributed by atoms with Crippen LogP contribution in [0.15, 0.2) is 66.2 Å². The predicted octanol–water partition coefficient (Wildman–Crippen LogP) is 11.0. The number of hydrogen-bond donors (Lipinski definition) is 0. The minimum absolute atomic E-state index is 0.0237. The third-order valence-corrected chi connectivity index (χ3v) is 13.6. The highest BCUT2D eigenvalue weighted by atomic mass is 16.5. The van der Waals surface area contributed by atoms with Gasteiger partial charge in [0, 0.05) is 17.5 Å². The maximum atomic E-state index is 13.4. The van der Waals surface area contributed by atoms with Crippen molar-refractivity contribution in [3.63, 3.8) is 0 Å². The van der Waals surface area contributed by atoms with Crippen LogP contribution in [0.1, 0.15) is 140 Å². The third kappa shape index (κ3) is 6.29. The Morgan fingerprint density at radius 1 is 0.848 bits per heavy atom. The second-order valence-electron chi connectivity index (χ2n) is 16.6. The van der Waals surface area contributed by atoms with Gasteiger partial charge in [-0.2, -0.15) is 0 Å². The molecule has 4 aliphatic carbocycles. The van der Waals surface area contributed by atoms with Gasteiger partial charge in [0.25, 0.3) is 0 Å². The van der Waals surface area contributed by atoms with Gasteiger partial charge in [0.1, 0.15) is 6.10 Å². The molecule has 2 aromatic carbocycles. The van der Waals surface area contributed by atoms with Crippen LogP contribution in [-0.2, 0) is 9.53 Å². The van der Waals surface area contributed by atoms with E-state index in [1.807, 2.05) is 61.5 Å². The first-order valence-electron chi connectivity index (χ1n) is 18.6. The standard InChI is InChI=1S/C43H58O3/c1-28(2)12-10-13-29(3)37-20-21-38-36-19-18-34-27-35(22-24-42(34,5)39(36)23-25-43(37,38)6)46-41(45)30(4)32-16-11-17-33(26-32)40(44)31-14-8-7-9-15-31/h7-9,11,14-18,26,28-30,35-39H,10,12-13,19-25,27H2,1-6H3/t29-,30-,35-,36+,37-,38+,39+,42+,43-/m1/s1. The van der Waals surface area contributed by atoms with Crippen LogP contribution in [0.2, 0.25) is 0 Å². The lowest BCUT2D eigenvalue weighted by Crippen LogP contribution is -2.51. The van der Waals surface area contributed by atoms with E-state index in [0.717, 1.165) is 60.3 Å². The number of carbonyl (C=O) groups is 2. The Morgan fingerprint density at radius 2 is 1.61 bits per heavy atom. The lowest BCUT2D eigenvalue weighted by Gasteiger charge is -2.58. The Morgan fingerprint density at radius 3 is 2.37 bits per heavy atom.